The molecule has 1 amide bonds. The first-order valence-corrected chi connectivity index (χ1v) is 6.36. The van der Waals surface area contributed by atoms with E-state index in [0.29, 0.717) is 0 Å². The highest BCUT2D eigenvalue weighted by atomic mass is 79.9. The van der Waals surface area contributed by atoms with Crippen molar-refractivity contribution < 1.29 is 14.7 Å². The van der Waals surface area contributed by atoms with Crippen molar-refractivity contribution in [2.45, 2.75) is 20.3 Å². The van der Waals surface area contributed by atoms with Crippen LogP contribution in [0.2, 0.25) is 0 Å². The van der Waals surface area contributed by atoms with Crippen LogP contribution >= 0.6 is 15.9 Å². The number of carbonyl (C=O) groups excluding carboxylic acids is 1. The van der Waals surface area contributed by atoms with Crippen LogP contribution in [0.25, 0.3) is 0 Å². The molecule has 18 heavy (non-hydrogen) atoms. The number of hydrogen-bond donors (Lipinski definition) is 2. The average Bonchev–Trinajstić information content (AvgIpc) is 2.29. The zero-order valence-electron chi connectivity index (χ0n) is 10.4. The molecule has 0 aliphatic rings. The van der Waals surface area contributed by atoms with Crippen LogP contribution in [-0.2, 0) is 16.0 Å². The van der Waals surface area contributed by atoms with E-state index in [1.54, 1.807) is 13.8 Å². The predicted octanol–water partition coefficient (Wildman–Crippen LogP) is 2.22. The third kappa shape index (κ3) is 4.14. The Labute approximate surface area is 115 Å². The van der Waals surface area contributed by atoms with Crippen LogP contribution in [0.15, 0.2) is 28.7 Å². The Morgan fingerprint density at radius 1 is 1.33 bits per heavy atom. The van der Waals surface area contributed by atoms with Crippen LogP contribution in [0.5, 0.6) is 0 Å². The van der Waals surface area contributed by atoms with Gasteiger partial charge in [0.1, 0.15) is 0 Å². The lowest BCUT2D eigenvalue weighted by molar-refractivity contribution is -0.146. The van der Waals surface area contributed by atoms with Gasteiger partial charge in [-0.1, -0.05) is 34.1 Å². The molecule has 0 saturated heterocycles. The quantitative estimate of drug-likeness (QED) is 0.876. The third-order valence-electron chi connectivity index (χ3n) is 2.62. The molecule has 1 rings (SSSR count). The van der Waals surface area contributed by atoms with Crippen molar-refractivity contribution in [1.29, 1.82) is 0 Å². The zero-order chi connectivity index (χ0) is 13.8. The SMILES string of the molecule is CC(C)(CNC(=O)Cc1ccccc1Br)C(=O)O. The Morgan fingerprint density at radius 2 is 1.94 bits per heavy atom. The van der Waals surface area contributed by atoms with Gasteiger partial charge in [0.15, 0.2) is 0 Å². The normalized spacial score (nSPS) is 11.1. The first-order valence-electron chi connectivity index (χ1n) is 5.56. The topological polar surface area (TPSA) is 66.4 Å². The standard InChI is InChI=1S/C13H16BrNO3/c1-13(2,12(17)18)8-15-11(16)7-9-5-3-4-6-10(9)14/h3-6H,7-8H2,1-2H3,(H,15,16)(H,17,18). The summed E-state index contributed by atoms with van der Waals surface area (Å²) in [6, 6.07) is 7.45. The largest absolute Gasteiger partial charge is 0.481 e. The number of carbonyl (C=O) groups is 2. The summed E-state index contributed by atoms with van der Waals surface area (Å²) in [5.41, 5.74) is -0.0769. The van der Waals surface area contributed by atoms with Crippen molar-refractivity contribution in [2.24, 2.45) is 5.41 Å². The van der Waals surface area contributed by atoms with E-state index in [1.165, 1.54) is 0 Å². The van der Waals surface area contributed by atoms with E-state index in [1.807, 2.05) is 24.3 Å². The van der Waals surface area contributed by atoms with Crippen LogP contribution in [0.3, 0.4) is 0 Å². The minimum absolute atomic E-state index is 0.117. The fourth-order valence-corrected chi connectivity index (χ4v) is 1.70. The molecule has 2 N–H and O–H groups in total. The highest BCUT2D eigenvalue weighted by Crippen LogP contribution is 2.17. The van der Waals surface area contributed by atoms with Gasteiger partial charge in [0.2, 0.25) is 5.91 Å². The van der Waals surface area contributed by atoms with Crippen LogP contribution < -0.4 is 5.32 Å². The molecule has 1 aromatic carbocycles. The fourth-order valence-electron chi connectivity index (χ4n) is 1.27. The Kier molecular flexibility index (Phi) is 4.90. The lowest BCUT2D eigenvalue weighted by Gasteiger charge is -2.19. The molecule has 0 saturated carbocycles. The van der Waals surface area contributed by atoms with Crippen LogP contribution in [0.4, 0.5) is 0 Å². The first kappa shape index (κ1) is 14.7. The highest BCUT2D eigenvalue weighted by molar-refractivity contribution is 9.10. The summed E-state index contributed by atoms with van der Waals surface area (Å²) >= 11 is 3.36. The Hall–Kier alpha value is -1.36. The van der Waals surface area contributed by atoms with E-state index in [0.717, 1.165) is 10.0 Å². The summed E-state index contributed by atoms with van der Waals surface area (Å²) in [6.07, 6.45) is 0.233. The molecule has 4 nitrogen and oxygen atoms in total. The zero-order valence-corrected chi connectivity index (χ0v) is 12.0. The van der Waals surface area contributed by atoms with Gasteiger partial charge in [0.05, 0.1) is 11.8 Å². The van der Waals surface area contributed by atoms with Crippen molar-refractivity contribution in [2.75, 3.05) is 6.54 Å². The number of amides is 1. The smallest absolute Gasteiger partial charge is 0.310 e. The van der Waals surface area contributed by atoms with Gasteiger partial charge in [-0.25, -0.2) is 0 Å². The van der Waals surface area contributed by atoms with Crippen molar-refractivity contribution >= 4 is 27.8 Å². The maximum atomic E-state index is 11.7. The summed E-state index contributed by atoms with van der Waals surface area (Å²) < 4.78 is 0.873. The molecule has 0 aromatic heterocycles. The van der Waals surface area contributed by atoms with Gasteiger partial charge >= 0.3 is 5.97 Å². The summed E-state index contributed by atoms with van der Waals surface area (Å²) in [4.78, 5) is 22.6. The van der Waals surface area contributed by atoms with E-state index in [9.17, 15) is 9.59 Å². The lowest BCUT2D eigenvalue weighted by atomic mass is 9.94. The van der Waals surface area contributed by atoms with E-state index in [-0.39, 0.29) is 18.9 Å². The first-order chi connectivity index (χ1) is 8.33. The van der Waals surface area contributed by atoms with Gasteiger partial charge in [-0.2, -0.15) is 0 Å². The van der Waals surface area contributed by atoms with Crippen LogP contribution in [-0.4, -0.2) is 23.5 Å². The summed E-state index contributed by atoms with van der Waals surface area (Å²) in [6.45, 7) is 3.27. The van der Waals surface area contributed by atoms with Gasteiger partial charge in [-0.3, -0.25) is 9.59 Å². The Morgan fingerprint density at radius 3 is 2.50 bits per heavy atom. The average molecular weight is 314 g/mol. The van der Waals surface area contributed by atoms with Crippen LogP contribution in [0, 0.1) is 5.41 Å². The molecule has 0 atom stereocenters. The maximum absolute atomic E-state index is 11.7. The molecule has 1 aromatic rings. The molecule has 0 aliphatic carbocycles. The molecule has 0 heterocycles. The number of carboxylic acid groups (broad SMARTS) is 1. The number of rotatable bonds is 5. The van der Waals surface area contributed by atoms with E-state index < -0.39 is 11.4 Å². The van der Waals surface area contributed by atoms with Gasteiger partial charge in [0.25, 0.3) is 0 Å². The Balaban J connectivity index is 2.54. The van der Waals surface area contributed by atoms with Crippen molar-refractivity contribution in [3.63, 3.8) is 0 Å². The van der Waals surface area contributed by atoms with Gasteiger partial charge in [-0.15, -0.1) is 0 Å². The van der Waals surface area contributed by atoms with Crippen molar-refractivity contribution in [3.05, 3.63) is 34.3 Å². The number of carboxylic acids is 1. The molecule has 5 heteroatoms. The molecule has 0 radical (unpaired) electrons. The summed E-state index contributed by atoms with van der Waals surface area (Å²) in [7, 11) is 0. The molecule has 0 fully saturated rings. The number of nitrogens with one attached hydrogen (secondary N) is 1. The number of benzene rings is 1. The second kappa shape index (κ2) is 6.00. The highest BCUT2D eigenvalue weighted by Gasteiger charge is 2.27. The van der Waals surface area contributed by atoms with Crippen molar-refractivity contribution in [1.82, 2.24) is 5.32 Å². The van der Waals surface area contributed by atoms with E-state index in [4.69, 9.17) is 5.11 Å². The molecule has 98 valence electrons. The van der Waals surface area contributed by atoms with Gasteiger partial charge in [-0.05, 0) is 25.5 Å². The van der Waals surface area contributed by atoms with E-state index in [2.05, 4.69) is 21.2 Å². The summed E-state index contributed by atoms with van der Waals surface area (Å²) in [5.74, 6) is -1.11. The Bertz CT molecular complexity index is 457. The minimum atomic E-state index is -0.955. The second-order valence-corrected chi connectivity index (χ2v) is 5.59. The number of aliphatic carboxylic acids is 1. The molecule has 0 unspecified atom stereocenters. The third-order valence-corrected chi connectivity index (χ3v) is 3.39. The fraction of sp³-hybridized carbons (Fsp3) is 0.385. The van der Waals surface area contributed by atoms with E-state index >= 15 is 0 Å². The van der Waals surface area contributed by atoms with Crippen LogP contribution in [0.1, 0.15) is 19.4 Å². The summed E-state index contributed by atoms with van der Waals surface area (Å²) in [5, 5.41) is 11.6. The molecular weight excluding hydrogens is 298 g/mol. The van der Waals surface area contributed by atoms with Gasteiger partial charge < -0.3 is 10.4 Å². The second-order valence-electron chi connectivity index (χ2n) is 4.73. The predicted molar refractivity (Wildman–Crippen MR) is 72.3 cm³/mol. The molecular formula is C13H16BrNO3. The van der Waals surface area contributed by atoms with Crippen molar-refractivity contribution in [3.8, 4) is 0 Å². The maximum Gasteiger partial charge on any atom is 0.310 e. The monoisotopic (exact) mass is 313 g/mol. The van der Waals surface area contributed by atoms with Gasteiger partial charge in [0, 0.05) is 11.0 Å². The number of hydrogen-bond acceptors (Lipinski definition) is 2. The minimum Gasteiger partial charge on any atom is -0.481 e. The lowest BCUT2D eigenvalue weighted by Crippen LogP contribution is -2.39. The number of halogens is 1. The molecule has 0 bridgehead atoms. The molecule has 0 aliphatic heterocycles. The molecule has 0 spiro atoms.